The van der Waals surface area contributed by atoms with E-state index in [1.165, 1.54) is 12.8 Å². The highest BCUT2D eigenvalue weighted by molar-refractivity contribution is 5.84. The monoisotopic (exact) mass is 294 g/mol. The summed E-state index contributed by atoms with van der Waals surface area (Å²) < 4.78 is 12.0. The molecule has 112 valence electrons. The van der Waals surface area contributed by atoms with Crippen LogP contribution < -0.4 is 10.2 Å². The van der Waals surface area contributed by atoms with Crippen molar-refractivity contribution in [2.45, 2.75) is 38.7 Å². The fourth-order valence-corrected chi connectivity index (χ4v) is 3.23. The number of aryl methyl sites for hydroxylation is 1. The van der Waals surface area contributed by atoms with E-state index in [9.17, 15) is 4.79 Å². The lowest BCUT2D eigenvalue weighted by Crippen LogP contribution is -2.10. The lowest BCUT2D eigenvalue weighted by atomic mass is 10.1. The molecule has 3 aliphatic rings. The number of benzene rings is 2. The first kappa shape index (κ1) is 13.4. The van der Waals surface area contributed by atoms with Crippen LogP contribution in [0, 0.1) is 6.92 Å². The van der Waals surface area contributed by atoms with Gasteiger partial charge in [-0.25, -0.2) is 0 Å². The van der Waals surface area contributed by atoms with E-state index in [1.807, 2.05) is 37.3 Å². The predicted molar refractivity (Wildman–Crippen MR) is 86.7 cm³/mol. The van der Waals surface area contributed by atoms with E-state index in [1.54, 1.807) is 6.07 Å². The number of fused-ring (bicyclic) bond motifs is 2. The maximum Gasteiger partial charge on any atom is 0.189 e. The molecule has 1 heterocycles. The highest BCUT2D eigenvalue weighted by atomic mass is 16.5. The van der Waals surface area contributed by atoms with E-state index < -0.39 is 0 Å². The SMILES string of the molecule is Cc1cc2oc3cc(OC4CCCC4)ccc3cc-2c(=O)c1. The highest BCUT2D eigenvalue weighted by Crippen LogP contribution is 2.30. The summed E-state index contributed by atoms with van der Waals surface area (Å²) in [6.45, 7) is 1.90. The predicted octanol–water partition coefficient (Wildman–Crippen LogP) is 4.53. The van der Waals surface area contributed by atoms with E-state index in [2.05, 4.69) is 0 Å². The van der Waals surface area contributed by atoms with Crippen LogP contribution in [0.15, 0.2) is 45.6 Å². The first-order chi connectivity index (χ1) is 10.7. The molecule has 1 saturated carbocycles. The second kappa shape index (κ2) is 5.16. The fourth-order valence-electron chi connectivity index (χ4n) is 3.23. The van der Waals surface area contributed by atoms with Gasteiger partial charge >= 0.3 is 0 Å². The third-order valence-electron chi connectivity index (χ3n) is 4.36. The highest BCUT2D eigenvalue weighted by Gasteiger charge is 2.17. The Labute approximate surface area is 128 Å². The van der Waals surface area contributed by atoms with E-state index in [0.717, 1.165) is 35.1 Å². The molecule has 1 aliphatic heterocycles. The minimum atomic E-state index is 0.00642. The summed E-state index contributed by atoms with van der Waals surface area (Å²) in [6, 6.07) is 11.3. The minimum absolute atomic E-state index is 0.00642. The summed E-state index contributed by atoms with van der Waals surface area (Å²) in [7, 11) is 0. The summed E-state index contributed by atoms with van der Waals surface area (Å²) in [5, 5.41) is 0.923. The van der Waals surface area contributed by atoms with Gasteiger partial charge in [0.2, 0.25) is 0 Å². The molecule has 1 aromatic rings. The van der Waals surface area contributed by atoms with E-state index in [4.69, 9.17) is 9.15 Å². The lowest BCUT2D eigenvalue weighted by molar-refractivity contribution is 0.210. The topological polar surface area (TPSA) is 39.4 Å². The Kier molecular flexibility index (Phi) is 3.14. The summed E-state index contributed by atoms with van der Waals surface area (Å²) in [6.07, 6.45) is 5.09. The summed E-state index contributed by atoms with van der Waals surface area (Å²) >= 11 is 0. The van der Waals surface area contributed by atoms with Crippen LogP contribution in [0.25, 0.3) is 22.3 Å². The molecule has 0 aromatic heterocycles. The van der Waals surface area contributed by atoms with Gasteiger partial charge in [0, 0.05) is 11.5 Å². The molecule has 0 unspecified atom stereocenters. The summed E-state index contributed by atoms with van der Waals surface area (Å²) in [5.74, 6) is 1.48. The van der Waals surface area contributed by atoms with Gasteiger partial charge in [-0.1, -0.05) is 0 Å². The van der Waals surface area contributed by atoms with Crippen LogP contribution in [0.4, 0.5) is 0 Å². The van der Waals surface area contributed by atoms with Crippen molar-refractivity contribution in [1.82, 2.24) is 0 Å². The maximum atomic E-state index is 12.1. The van der Waals surface area contributed by atoms with Gasteiger partial charge in [-0.15, -0.1) is 0 Å². The third-order valence-corrected chi connectivity index (χ3v) is 4.36. The van der Waals surface area contributed by atoms with Crippen LogP contribution in [0.2, 0.25) is 0 Å². The molecule has 4 rings (SSSR count). The molecular weight excluding hydrogens is 276 g/mol. The van der Waals surface area contributed by atoms with Crippen molar-refractivity contribution in [2.24, 2.45) is 0 Å². The lowest BCUT2D eigenvalue weighted by Gasteiger charge is -2.14. The van der Waals surface area contributed by atoms with Crippen LogP contribution in [0.3, 0.4) is 0 Å². The van der Waals surface area contributed by atoms with Crippen LogP contribution in [-0.2, 0) is 0 Å². The first-order valence-corrected chi connectivity index (χ1v) is 7.84. The molecule has 0 atom stereocenters. The Morgan fingerprint density at radius 3 is 2.73 bits per heavy atom. The number of hydrogen-bond acceptors (Lipinski definition) is 3. The van der Waals surface area contributed by atoms with Gasteiger partial charge in [0.05, 0.1) is 11.7 Å². The molecule has 0 bridgehead atoms. The molecule has 22 heavy (non-hydrogen) atoms. The maximum absolute atomic E-state index is 12.1. The van der Waals surface area contributed by atoms with E-state index >= 15 is 0 Å². The Bertz CT molecular complexity index is 856. The van der Waals surface area contributed by atoms with Crippen molar-refractivity contribution in [3.8, 4) is 17.1 Å². The minimum Gasteiger partial charge on any atom is -0.490 e. The van der Waals surface area contributed by atoms with Crippen molar-refractivity contribution < 1.29 is 9.15 Å². The zero-order valence-electron chi connectivity index (χ0n) is 12.6. The molecule has 3 heteroatoms. The van der Waals surface area contributed by atoms with Crippen molar-refractivity contribution in [3.63, 3.8) is 0 Å². The second-order valence-electron chi connectivity index (χ2n) is 6.15. The normalized spacial score (nSPS) is 15.7. The third kappa shape index (κ3) is 2.37. The number of rotatable bonds is 2. The molecule has 0 N–H and O–H groups in total. The average molecular weight is 294 g/mol. The number of ether oxygens (including phenoxy) is 1. The smallest absolute Gasteiger partial charge is 0.189 e. The largest absolute Gasteiger partial charge is 0.490 e. The van der Waals surface area contributed by atoms with E-state index in [-0.39, 0.29) is 5.43 Å². The Balaban J connectivity index is 1.80. The molecule has 0 amide bonds. The number of hydrogen-bond donors (Lipinski definition) is 0. The molecule has 3 nitrogen and oxygen atoms in total. The summed E-state index contributed by atoms with van der Waals surface area (Å²) in [4.78, 5) is 12.1. The van der Waals surface area contributed by atoms with Crippen molar-refractivity contribution >= 4 is 11.0 Å². The van der Waals surface area contributed by atoms with Gasteiger partial charge in [0.15, 0.2) is 5.43 Å². The molecule has 1 aromatic carbocycles. The van der Waals surface area contributed by atoms with Gasteiger partial charge in [0.1, 0.15) is 17.1 Å². The fraction of sp³-hybridized carbons (Fsp3) is 0.316. The summed E-state index contributed by atoms with van der Waals surface area (Å²) in [5.41, 5.74) is 2.31. The van der Waals surface area contributed by atoms with Crippen LogP contribution in [-0.4, -0.2) is 6.10 Å². The Morgan fingerprint density at radius 2 is 1.91 bits per heavy atom. The average Bonchev–Trinajstić information content (AvgIpc) is 2.98. The molecule has 0 radical (unpaired) electrons. The molecule has 0 saturated heterocycles. The zero-order valence-corrected chi connectivity index (χ0v) is 12.6. The van der Waals surface area contributed by atoms with Crippen molar-refractivity contribution in [3.05, 3.63) is 52.2 Å². The molecule has 0 spiro atoms. The van der Waals surface area contributed by atoms with Gasteiger partial charge in [0.25, 0.3) is 0 Å². The molecule has 2 aliphatic carbocycles. The van der Waals surface area contributed by atoms with Crippen LogP contribution in [0.5, 0.6) is 5.75 Å². The molecule has 1 fully saturated rings. The van der Waals surface area contributed by atoms with Gasteiger partial charge in [-0.05, 0) is 68.5 Å². The van der Waals surface area contributed by atoms with Gasteiger partial charge < -0.3 is 9.15 Å². The zero-order chi connectivity index (χ0) is 15.1. The van der Waals surface area contributed by atoms with Crippen molar-refractivity contribution in [2.75, 3.05) is 0 Å². The Morgan fingerprint density at radius 1 is 1.09 bits per heavy atom. The van der Waals surface area contributed by atoms with Gasteiger partial charge in [-0.2, -0.15) is 0 Å². The van der Waals surface area contributed by atoms with Crippen molar-refractivity contribution in [1.29, 1.82) is 0 Å². The standard InChI is InChI=1S/C19H18O3/c1-12-8-17(20)16-10-13-6-7-15(21-14-4-2-3-5-14)11-18(13)22-19(16)9-12/h6-11,14H,2-5H2,1H3. The quantitative estimate of drug-likeness (QED) is 0.652. The molecular formula is C19H18O3. The van der Waals surface area contributed by atoms with Crippen LogP contribution >= 0.6 is 0 Å². The first-order valence-electron chi connectivity index (χ1n) is 7.84. The second-order valence-corrected chi connectivity index (χ2v) is 6.15. The van der Waals surface area contributed by atoms with E-state index in [0.29, 0.717) is 17.4 Å². The van der Waals surface area contributed by atoms with Crippen LogP contribution in [0.1, 0.15) is 31.2 Å². The Hall–Kier alpha value is -2.29. The van der Waals surface area contributed by atoms with Gasteiger partial charge in [-0.3, -0.25) is 4.79 Å².